The Morgan fingerprint density at radius 1 is 1.29 bits per heavy atom. The molecule has 3 fully saturated rings. The number of hydrogen-bond donors (Lipinski definition) is 1. The summed E-state index contributed by atoms with van der Waals surface area (Å²) in [7, 11) is 0. The van der Waals surface area contributed by atoms with Gasteiger partial charge in [-0.25, -0.2) is 13.6 Å². The molecule has 28 heavy (non-hydrogen) atoms. The van der Waals surface area contributed by atoms with Crippen molar-refractivity contribution in [2.24, 2.45) is 5.92 Å². The van der Waals surface area contributed by atoms with Crippen LogP contribution in [0.3, 0.4) is 0 Å². The molecular weight excluding hydrogens is 368 g/mol. The second-order valence-electron chi connectivity index (χ2n) is 7.77. The van der Waals surface area contributed by atoms with Gasteiger partial charge >= 0.3 is 6.03 Å². The molecule has 1 aromatic rings. The van der Waals surface area contributed by atoms with Crippen LogP contribution in [0.5, 0.6) is 0 Å². The van der Waals surface area contributed by atoms with Gasteiger partial charge in [-0.05, 0) is 36.5 Å². The number of likely N-dealkylation sites (tertiary alicyclic amines) is 2. The minimum absolute atomic E-state index is 0.0392. The van der Waals surface area contributed by atoms with Gasteiger partial charge in [-0.2, -0.15) is 0 Å². The SMILES string of the molecule is CC1CN(C(=O)N2CC[C@@H]3OCC(=O)N[C@@H]3C2)C1.Cc1ccc(CF)cc1F. The fourth-order valence-corrected chi connectivity index (χ4v) is 3.65. The molecule has 2 atom stereocenters. The van der Waals surface area contributed by atoms with E-state index < -0.39 is 6.67 Å². The first kappa shape index (κ1) is 20.5. The van der Waals surface area contributed by atoms with Gasteiger partial charge in [0.1, 0.15) is 19.1 Å². The molecule has 1 N–H and O–H groups in total. The maximum Gasteiger partial charge on any atom is 0.320 e. The minimum Gasteiger partial charge on any atom is -0.366 e. The highest BCUT2D eigenvalue weighted by molar-refractivity contribution is 5.79. The molecule has 8 heteroatoms. The summed E-state index contributed by atoms with van der Waals surface area (Å²) in [5, 5.41) is 2.91. The summed E-state index contributed by atoms with van der Waals surface area (Å²) < 4.78 is 29.9. The summed E-state index contributed by atoms with van der Waals surface area (Å²) in [6, 6.07) is 4.44. The number of urea groups is 1. The number of piperidine rings is 1. The molecule has 0 spiro atoms. The highest BCUT2D eigenvalue weighted by Crippen LogP contribution is 2.22. The molecule has 1 aromatic carbocycles. The molecule has 3 aliphatic heterocycles. The lowest BCUT2D eigenvalue weighted by Gasteiger charge is -2.45. The van der Waals surface area contributed by atoms with Crippen LogP contribution in [-0.4, -0.2) is 66.7 Å². The van der Waals surface area contributed by atoms with Gasteiger partial charge in [-0.15, -0.1) is 0 Å². The molecule has 154 valence electrons. The normalized spacial score (nSPS) is 24.5. The summed E-state index contributed by atoms with van der Waals surface area (Å²) in [4.78, 5) is 27.2. The first-order chi connectivity index (χ1) is 13.4. The summed E-state index contributed by atoms with van der Waals surface area (Å²) in [5.74, 6) is 0.197. The lowest BCUT2D eigenvalue weighted by atomic mass is 10.00. The number of rotatable bonds is 1. The van der Waals surface area contributed by atoms with Crippen molar-refractivity contribution in [3.05, 3.63) is 35.1 Å². The number of nitrogens with one attached hydrogen (secondary N) is 1. The molecule has 0 aliphatic carbocycles. The largest absolute Gasteiger partial charge is 0.366 e. The molecule has 3 aliphatic rings. The Kier molecular flexibility index (Phi) is 6.49. The molecule has 0 radical (unpaired) electrons. The predicted molar refractivity (Wildman–Crippen MR) is 99.9 cm³/mol. The average Bonchev–Trinajstić information content (AvgIpc) is 2.67. The number of fused-ring (bicyclic) bond motifs is 1. The zero-order valence-electron chi connectivity index (χ0n) is 16.3. The average molecular weight is 395 g/mol. The van der Waals surface area contributed by atoms with E-state index in [1.807, 2.05) is 9.80 Å². The first-order valence-corrected chi connectivity index (χ1v) is 9.63. The summed E-state index contributed by atoms with van der Waals surface area (Å²) in [6.07, 6.45) is 0.877. The fourth-order valence-electron chi connectivity index (χ4n) is 3.65. The summed E-state index contributed by atoms with van der Waals surface area (Å²) in [6.45, 7) is 6.35. The Hall–Kier alpha value is -2.22. The number of amides is 3. The van der Waals surface area contributed by atoms with Crippen LogP contribution in [0.2, 0.25) is 0 Å². The number of nitrogens with zero attached hydrogens (tertiary/aromatic N) is 2. The van der Waals surface area contributed by atoms with Gasteiger partial charge in [-0.1, -0.05) is 19.1 Å². The molecular formula is C20H27F2N3O3. The Labute approximate surface area is 163 Å². The monoisotopic (exact) mass is 395 g/mol. The standard InChI is InChI=1S/C12H19N3O3.C8H8F2/c1-8-4-15(5-8)12(17)14-3-2-10-9(6-14)13-11(16)7-18-10;1-6-2-3-7(5-9)4-8(6)10/h8-10H,2-7H2,1H3,(H,13,16);2-4H,5H2,1H3/t9-,10+;/m1./s1. The summed E-state index contributed by atoms with van der Waals surface area (Å²) in [5.41, 5.74) is 0.945. The van der Waals surface area contributed by atoms with E-state index in [4.69, 9.17) is 4.74 Å². The molecule has 0 aromatic heterocycles. The van der Waals surface area contributed by atoms with Crippen molar-refractivity contribution in [1.82, 2.24) is 15.1 Å². The van der Waals surface area contributed by atoms with Crippen molar-refractivity contribution in [2.45, 2.75) is 39.1 Å². The number of ether oxygens (including phenoxy) is 1. The minimum atomic E-state index is -0.600. The number of aryl methyl sites for hydroxylation is 1. The predicted octanol–water partition coefficient (Wildman–Crippen LogP) is 2.25. The smallest absolute Gasteiger partial charge is 0.320 e. The number of hydrogen-bond acceptors (Lipinski definition) is 3. The maximum absolute atomic E-state index is 12.6. The Morgan fingerprint density at radius 3 is 2.68 bits per heavy atom. The van der Waals surface area contributed by atoms with E-state index in [-0.39, 0.29) is 36.5 Å². The highest BCUT2D eigenvalue weighted by atomic mass is 19.1. The first-order valence-electron chi connectivity index (χ1n) is 9.63. The third-order valence-electron chi connectivity index (χ3n) is 5.32. The number of halogens is 2. The van der Waals surface area contributed by atoms with Crippen molar-refractivity contribution >= 4 is 11.9 Å². The van der Waals surface area contributed by atoms with Gasteiger partial charge in [0.2, 0.25) is 5.91 Å². The molecule has 6 nitrogen and oxygen atoms in total. The van der Waals surface area contributed by atoms with E-state index in [0.29, 0.717) is 23.6 Å². The van der Waals surface area contributed by atoms with Crippen LogP contribution in [0.25, 0.3) is 0 Å². The van der Waals surface area contributed by atoms with E-state index in [1.165, 1.54) is 6.07 Å². The van der Waals surface area contributed by atoms with E-state index in [2.05, 4.69) is 12.2 Å². The maximum atomic E-state index is 12.6. The van der Waals surface area contributed by atoms with Crippen LogP contribution in [0.4, 0.5) is 13.6 Å². The number of carbonyl (C=O) groups is 2. The van der Waals surface area contributed by atoms with Crippen LogP contribution in [0.1, 0.15) is 24.5 Å². The molecule has 0 saturated carbocycles. The number of carbonyl (C=O) groups excluding carboxylic acids is 2. The topological polar surface area (TPSA) is 61.9 Å². The van der Waals surface area contributed by atoms with Crippen molar-refractivity contribution in [3.8, 4) is 0 Å². The van der Waals surface area contributed by atoms with Gasteiger partial charge in [0.25, 0.3) is 0 Å². The lowest BCUT2D eigenvalue weighted by Crippen LogP contribution is -2.63. The van der Waals surface area contributed by atoms with E-state index in [1.54, 1.807) is 19.1 Å². The van der Waals surface area contributed by atoms with Gasteiger partial charge in [-0.3, -0.25) is 4.79 Å². The fraction of sp³-hybridized carbons (Fsp3) is 0.600. The van der Waals surface area contributed by atoms with Gasteiger partial charge in [0.15, 0.2) is 0 Å². The van der Waals surface area contributed by atoms with Crippen LogP contribution < -0.4 is 5.32 Å². The number of alkyl halides is 1. The quantitative estimate of drug-likeness (QED) is 0.794. The van der Waals surface area contributed by atoms with Crippen molar-refractivity contribution in [2.75, 3.05) is 32.8 Å². The van der Waals surface area contributed by atoms with E-state index in [0.717, 1.165) is 26.1 Å². The second kappa shape index (κ2) is 8.86. The molecule has 0 unspecified atom stereocenters. The van der Waals surface area contributed by atoms with Crippen LogP contribution in [0, 0.1) is 18.7 Å². The molecule has 0 bridgehead atoms. The number of benzene rings is 1. The Bertz CT molecular complexity index is 725. The van der Waals surface area contributed by atoms with Gasteiger partial charge < -0.3 is 19.9 Å². The van der Waals surface area contributed by atoms with Crippen molar-refractivity contribution in [1.29, 1.82) is 0 Å². The highest BCUT2D eigenvalue weighted by Gasteiger charge is 2.39. The zero-order valence-corrected chi connectivity index (χ0v) is 16.3. The van der Waals surface area contributed by atoms with E-state index >= 15 is 0 Å². The van der Waals surface area contributed by atoms with E-state index in [9.17, 15) is 18.4 Å². The Morgan fingerprint density at radius 2 is 2.04 bits per heavy atom. The molecule has 4 rings (SSSR count). The van der Waals surface area contributed by atoms with Gasteiger partial charge in [0.05, 0.1) is 12.1 Å². The molecule has 3 amide bonds. The second-order valence-corrected chi connectivity index (χ2v) is 7.77. The van der Waals surface area contributed by atoms with Crippen molar-refractivity contribution < 1.29 is 23.1 Å². The third kappa shape index (κ3) is 4.79. The molecule has 3 heterocycles. The third-order valence-corrected chi connectivity index (χ3v) is 5.32. The molecule has 3 saturated heterocycles. The van der Waals surface area contributed by atoms with Crippen molar-refractivity contribution in [3.63, 3.8) is 0 Å². The van der Waals surface area contributed by atoms with Crippen LogP contribution in [0.15, 0.2) is 18.2 Å². The van der Waals surface area contributed by atoms with Crippen LogP contribution >= 0.6 is 0 Å². The Balaban J connectivity index is 0.000000192. The number of morpholine rings is 1. The van der Waals surface area contributed by atoms with Crippen LogP contribution in [-0.2, 0) is 16.2 Å². The summed E-state index contributed by atoms with van der Waals surface area (Å²) >= 11 is 0. The lowest BCUT2D eigenvalue weighted by molar-refractivity contribution is -0.139. The van der Waals surface area contributed by atoms with Gasteiger partial charge in [0, 0.05) is 26.2 Å². The zero-order chi connectivity index (χ0) is 20.3.